The van der Waals surface area contributed by atoms with Gasteiger partial charge >= 0.3 is 0 Å². The van der Waals surface area contributed by atoms with Crippen LogP contribution in [0, 0.1) is 0 Å². The number of para-hydroxylation sites is 5. The van der Waals surface area contributed by atoms with Crippen molar-refractivity contribution in [2.45, 2.75) is 38.5 Å². The number of nitrogens with zero attached hydrogens (tertiary/aromatic N) is 2. The van der Waals surface area contributed by atoms with Crippen molar-refractivity contribution >= 4 is 45.5 Å². The first-order valence-corrected chi connectivity index (χ1v) is 16.1. The second-order valence-corrected chi connectivity index (χ2v) is 13.0. The van der Waals surface area contributed by atoms with Gasteiger partial charge in [-0.05, 0) is 100 Å². The summed E-state index contributed by atoms with van der Waals surface area (Å²) in [5.41, 5.74) is 17.7. The zero-order valence-corrected chi connectivity index (χ0v) is 25.9. The Morgan fingerprint density at radius 3 is 1.78 bits per heavy atom. The first-order valence-electron chi connectivity index (χ1n) is 16.1. The van der Waals surface area contributed by atoms with Crippen molar-refractivity contribution in [3.63, 3.8) is 0 Å². The van der Waals surface area contributed by atoms with Crippen molar-refractivity contribution in [2.24, 2.45) is 0 Å². The number of rotatable bonds is 3. The lowest BCUT2D eigenvalue weighted by molar-refractivity contribution is 0.629. The predicted molar refractivity (Wildman–Crippen MR) is 189 cm³/mol. The van der Waals surface area contributed by atoms with Crippen molar-refractivity contribution in [1.82, 2.24) is 0 Å². The van der Waals surface area contributed by atoms with Gasteiger partial charge in [0.25, 0.3) is 0 Å². The molecule has 0 aromatic heterocycles. The van der Waals surface area contributed by atoms with E-state index in [9.17, 15) is 0 Å². The van der Waals surface area contributed by atoms with Crippen LogP contribution in [0.5, 0.6) is 0 Å². The van der Waals surface area contributed by atoms with Crippen molar-refractivity contribution < 1.29 is 0 Å². The van der Waals surface area contributed by atoms with E-state index in [0.717, 1.165) is 23.5 Å². The fraction of sp³-hybridized carbons (Fsp3) is 0.143. The third-order valence-corrected chi connectivity index (χ3v) is 10.2. The molecular weight excluding hydrogens is 546 g/mol. The van der Waals surface area contributed by atoms with Crippen LogP contribution in [0.25, 0.3) is 11.1 Å². The van der Waals surface area contributed by atoms with Crippen LogP contribution in [0.1, 0.15) is 55.4 Å². The largest absolute Gasteiger partial charge is 0.352 e. The van der Waals surface area contributed by atoms with Crippen LogP contribution in [0.4, 0.5) is 45.5 Å². The number of fused-ring (bicyclic) bond motifs is 7. The molecule has 0 amide bonds. The molecule has 1 aliphatic carbocycles. The average Bonchev–Trinajstić information content (AvgIpc) is 3.38. The minimum Gasteiger partial charge on any atom is -0.352 e. The van der Waals surface area contributed by atoms with E-state index in [1.165, 1.54) is 61.8 Å². The summed E-state index contributed by atoms with van der Waals surface area (Å²) in [5, 5.41) is 3.80. The van der Waals surface area contributed by atoms with Gasteiger partial charge in [-0.25, -0.2) is 0 Å². The Morgan fingerprint density at radius 2 is 1.09 bits per heavy atom. The molecule has 2 aliphatic heterocycles. The van der Waals surface area contributed by atoms with Gasteiger partial charge in [-0.15, -0.1) is 0 Å². The molecule has 45 heavy (non-hydrogen) atoms. The molecule has 3 heteroatoms. The molecule has 0 saturated heterocycles. The molecule has 0 fully saturated rings. The molecule has 0 unspecified atom stereocenters. The van der Waals surface area contributed by atoms with Crippen molar-refractivity contribution in [3.8, 4) is 11.1 Å². The SMILES string of the molecule is CC[C@H]1c2cc3c(cc2-c2cc4c(cc21)C(C)(C)c1ccccc1N4c1ccccc1)N(c1ccccc1)c1ccccc1N3. The quantitative estimate of drug-likeness (QED) is 0.224. The Balaban J connectivity index is 1.29. The van der Waals surface area contributed by atoms with Gasteiger partial charge < -0.3 is 15.1 Å². The number of anilines is 8. The van der Waals surface area contributed by atoms with Crippen molar-refractivity contribution in [3.05, 3.63) is 156 Å². The lowest BCUT2D eigenvalue weighted by Gasteiger charge is -2.42. The van der Waals surface area contributed by atoms with E-state index in [-0.39, 0.29) is 5.41 Å². The first-order chi connectivity index (χ1) is 22.0. The van der Waals surface area contributed by atoms with Gasteiger partial charge in [-0.2, -0.15) is 0 Å². The fourth-order valence-electron chi connectivity index (χ4n) is 8.06. The van der Waals surface area contributed by atoms with Crippen molar-refractivity contribution in [2.75, 3.05) is 15.1 Å². The molecule has 6 aromatic carbocycles. The number of hydrogen-bond acceptors (Lipinski definition) is 3. The van der Waals surface area contributed by atoms with Gasteiger partial charge in [0.2, 0.25) is 0 Å². The first kappa shape index (κ1) is 26.2. The van der Waals surface area contributed by atoms with E-state index in [2.05, 4.69) is 169 Å². The molecular formula is C42H35N3. The van der Waals surface area contributed by atoms with Gasteiger partial charge in [-0.3, -0.25) is 0 Å². The van der Waals surface area contributed by atoms with Gasteiger partial charge in [0.15, 0.2) is 0 Å². The lowest BCUT2D eigenvalue weighted by Crippen LogP contribution is -2.30. The van der Waals surface area contributed by atoms with E-state index in [4.69, 9.17) is 0 Å². The Labute approximate surface area is 265 Å². The van der Waals surface area contributed by atoms with Crippen LogP contribution >= 0.6 is 0 Å². The van der Waals surface area contributed by atoms with E-state index < -0.39 is 0 Å². The van der Waals surface area contributed by atoms with Gasteiger partial charge in [0, 0.05) is 22.7 Å². The van der Waals surface area contributed by atoms with Crippen LogP contribution in [0.15, 0.2) is 133 Å². The molecule has 0 radical (unpaired) electrons. The number of hydrogen-bond donors (Lipinski definition) is 1. The average molecular weight is 582 g/mol. The molecule has 9 rings (SSSR count). The highest BCUT2D eigenvalue weighted by Gasteiger charge is 2.40. The van der Waals surface area contributed by atoms with Crippen LogP contribution in [-0.2, 0) is 5.41 Å². The molecule has 6 aromatic rings. The smallest absolute Gasteiger partial charge is 0.0704 e. The van der Waals surface area contributed by atoms with E-state index in [0.29, 0.717) is 5.92 Å². The summed E-state index contributed by atoms with van der Waals surface area (Å²) in [6.07, 6.45) is 1.05. The summed E-state index contributed by atoms with van der Waals surface area (Å²) < 4.78 is 0. The number of nitrogens with one attached hydrogen (secondary N) is 1. The molecule has 0 saturated carbocycles. The summed E-state index contributed by atoms with van der Waals surface area (Å²) in [6.45, 7) is 7.11. The van der Waals surface area contributed by atoms with Gasteiger partial charge in [0.05, 0.1) is 34.1 Å². The molecule has 0 spiro atoms. The number of benzene rings is 6. The second kappa shape index (κ2) is 9.61. The van der Waals surface area contributed by atoms with Gasteiger partial charge in [0.1, 0.15) is 0 Å². The van der Waals surface area contributed by atoms with E-state index in [1.54, 1.807) is 0 Å². The highest BCUT2D eigenvalue weighted by Crippen LogP contribution is 2.59. The third kappa shape index (κ3) is 3.70. The molecule has 2 heterocycles. The molecule has 1 N–H and O–H groups in total. The zero-order valence-electron chi connectivity index (χ0n) is 25.9. The Bertz CT molecular complexity index is 2110. The highest BCUT2D eigenvalue weighted by molar-refractivity contribution is 6.01. The van der Waals surface area contributed by atoms with Crippen LogP contribution in [-0.4, -0.2) is 0 Å². The summed E-state index contributed by atoms with van der Waals surface area (Å²) in [6, 6.07) is 49.1. The predicted octanol–water partition coefficient (Wildman–Crippen LogP) is 11.8. The summed E-state index contributed by atoms with van der Waals surface area (Å²) in [7, 11) is 0. The zero-order chi connectivity index (χ0) is 30.3. The Hall–Kier alpha value is -5.28. The Kier molecular flexibility index (Phi) is 5.58. The third-order valence-electron chi connectivity index (χ3n) is 10.2. The second-order valence-electron chi connectivity index (χ2n) is 13.0. The monoisotopic (exact) mass is 581 g/mol. The minimum absolute atomic E-state index is 0.133. The molecule has 0 bridgehead atoms. The molecule has 3 nitrogen and oxygen atoms in total. The summed E-state index contributed by atoms with van der Waals surface area (Å²) in [4.78, 5) is 4.88. The van der Waals surface area contributed by atoms with Crippen LogP contribution < -0.4 is 15.1 Å². The van der Waals surface area contributed by atoms with E-state index in [1.807, 2.05) is 0 Å². The van der Waals surface area contributed by atoms with Crippen molar-refractivity contribution in [1.29, 1.82) is 0 Å². The normalized spacial score (nSPS) is 16.5. The fourth-order valence-corrected chi connectivity index (χ4v) is 8.06. The summed E-state index contributed by atoms with van der Waals surface area (Å²) in [5.74, 6) is 0.341. The maximum Gasteiger partial charge on any atom is 0.0704 e. The molecule has 3 aliphatic rings. The highest BCUT2D eigenvalue weighted by atomic mass is 15.2. The van der Waals surface area contributed by atoms with E-state index >= 15 is 0 Å². The lowest BCUT2D eigenvalue weighted by atomic mass is 9.72. The minimum atomic E-state index is -0.133. The van der Waals surface area contributed by atoms with Crippen LogP contribution in [0.2, 0.25) is 0 Å². The Morgan fingerprint density at radius 1 is 0.533 bits per heavy atom. The topological polar surface area (TPSA) is 18.5 Å². The summed E-state index contributed by atoms with van der Waals surface area (Å²) >= 11 is 0. The maximum atomic E-state index is 3.80. The van der Waals surface area contributed by atoms with Crippen LogP contribution in [0.3, 0.4) is 0 Å². The molecule has 1 atom stereocenters. The standard InChI is InChI=1S/C42H35N3/c1-4-29-30-23-35-40(44(27-15-7-5-8-16-27)38-21-13-11-19-34(38)42(35,2)3)25-32(30)33-26-41-37(24-31(29)33)43-36-20-12-14-22-39(36)45(41)28-17-9-6-10-18-28/h5-26,29,43H,4H2,1-3H3/t29-/m1/s1. The molecule has 218 valence electrons. The maximum absolute atomic E-state index is 3.80. The van der Waals surface area contributed by atoms with Gasteiger partial charge in [-0.1, -0.05) is 93.6 Å².